The summed E-state index contributed by atoms with van der Waals surface area (Å²) in [5.74, 6) is 0.565. The minimum atomic E-state index is -4.35. The van der Waals surface area contributed by atoms with E-state index in [4.69, 9.17) is 0 Å². The van der Waals surface area contributed by atoms with Gasteiger partial charge in [-0.1, -0.05) is 38.1 Å². The van der Waals surface area contributed by atoms with Crippen LogP contribution in [0.25, 0.3) is 0 Å². The number of nitrogens with zero attached hydrogens (tertiary/aromatic N) is 2. The number of alkyl halides is 3. The average Bonchev–Trinajstić information content (AvgIpc) is 2.62. The molecule has 1 aromatic heterocycles. The van der Waals surface area contributed by atoms with E-state index >= 15 is 0 Å². The Morgan fingerprint density at radius 3 is 2.38 bits per heavy atom. The Bertz CT molecular complexity index is 740. The second kappa shape index (κ2) is 8.21. The lowest BCUT2D eigenvalue weighted by molar-refractivity contribution is -0.137. The van der Waals surface area contributed by atoms with Gasteiger partial charge in [0, 0.05) is 25.2 Å². The molecule has 2 aromatic rings. The first-order valence-electron chi connectivity index (χ1n) is 8.24. The fourth-order valence-corrected chi connectivity index (χ4v) is 2.42. The van der Waals surface area contributed by atoms with Gasteiger partial charge < -0.3 is 10.6 Å². The Morgan fingerprint density at radius 2 is 1.77 bits per heavy atom. The molecule has 0 saturated heterocycles. The Balaban J connectivity index is 2.00. The molecule has 7 heteroatoms. The van der Waals surface area contributed by atoms with E-state index in [-0.39, 0.29) is 0 Å². The first-order chi connectivity index (χ1) is 12.2. The van der Waals surface area contributed by atoms with Crippen LogP contribution in [0.2, 0.25) is 0 Å². The van der Waals surface area contributed by atoms with Crippen LogP contribution in [0.15, 0.2) is 53.7 Å². The molecule has 0 aliphatic heterocycles. The monoisotopic (exact) mass is 364 g/mol. The molecule has 26 heavy (non-hydrogen) atoms. The molecule has 4 nitrogen and oxygen atoms in total. The molecule has 2 N–H and O–H groups in total. The third-order valence-corrected chi connectivity index (χ3v) is 4.06. The molecule has 1 heterocycles. The molecule has 0 unspecified atom stereocenters. The summed E-state index contributed by atoms with van der Waals surface area (Å²) >= 11 is 0. The molecular weight excluding hydrogens is 341 g/mol. The predicted molar refractivity (Wildman–Crippen MR) is 96.9 cm³/mol. The zero-order chi connectivity index (χ0) is 19.2. The topological polar surface area (TPSA) is 49.3 Å². The van der Waals surface area contributed by atoms with Crippen molar-refractivity contribution in [1.29, 1.82) is 0 Å². The summed E-state index contributed by atoms with van der Waals surface area (Å²) in [7, 11) is 1.64. The molecule has 0 spiro atoms. The molecule has 140 valence electrons. The Morgan fingerprint density at radius 1 is 1.04 bits per heavy atom. The van der Waals surface area contributed by atoms with Crippen molar-refractivity contribution in [2.75, 3.05) is 13.6 Å². The lowest BCUT2D eigenvalue weighted by Crippen LogP contribution is -2.43. The highest BCUT2D eigenvalue weighted by molar-refractivity contribution is 5.79. The zero-order valence-corrected chi connectivity index (χ0v) is 15.1. The van der Waals surface area contributed by atoms with E-state index in [0.29, 0.717) is 24.6 Å². The smallest absolute Gasteiger partial charge is 0.356 e. The van der Waals surface area contributed by atoms with E-state index in [0.717, 1.165) is 11.8 Å². The van der Waals surface area contributed by atoms with E-state index in [1.165, 1.54) is 12.1 Å². The lowest BCUT2D eigenvalue weighted by atomic mass is 9.84. The maximum absolute atomic E-state index is 12.9. The van der Waals surface area contributed by atoms with Crippen molar-refractivity contribution in [3.05, 3.63) is 65.5 Å². The molecule has 0 amide bonds. The highest BCUT2D eigenvalue weighted by Crippen LogP contribution is 2.32. The number of hydrogen-bond acceptors (Lipinski definition) is 2. The molecule has 0 radical (unpaired) electrons. The molecule has 0 atom stereocenters. The Kier molecular flexibility index (Phi) is 6.23. The Hall–Kier alpha value is -2.57. The number of nitrogens with one attached hydrogen (secondary N) is 2. The molecule has 2 rings (SSSR count). The number of halogens is 3. The van der Waals surface area contributed by atoms with Crippen molar-refractivity contribution in [2.24, 2.45) is 4.99 Å². The van der Waals surface area contributed by atoms with Gasteiger partial charge in [-0.2, -0.15) is 13.2 Å². The summed E-state index contributed by atoms with van der Waals surface area (Å²) in [6.45, 7) is 4.71. The number of aromatic nitrogens is 1. The van der Waals surface area contributed by atoms with Crippen LogP contribution in [0.3, 0.4) is 0 Å². The normalized spacial score (nSPS) is 12.8. The van der Waals surface area contributed by atoms with Crippen LogP contribution in [-0.4, -0.2) is 24.5 Å². The first-order valence-corrected chi connectivity index (χ1v) is 8.24. The fourth-order valence-electron chi connectivity index (χ4n) is 2.42. The number of pyridine rings is 1. The minimum absolute atomic E-state index is 0.427. The average molecular weight is 364 g/mol. The molecule has 1 aromatic carbocycles. The summed E-state index contributed by atoms with van der Waals surface area (Å²) in [6, 6.07) is 11.1. The van der Waals surface area contributed by atoms with E-state index in [1.807, 2.05) is 32.0 Å². The van der Waals surface area contributed by atoms with Gasteiger partial charge in [-0.25, -0.2) is 0 Å². The Labute approximate surface area is 151 Å². The lowest BCUT2D eigenvalue weighted by Gasteiger charge is -2.27. The van der Waals surface area contributed by atoms with E-state index in [2.05, 4.69) is 20.6 Å². The third-order valence-electron chi connectivity index (χ3n) is 4.06. The second-order valence-electron chi connectivity index (χ2n) is 6.56. The van der Waals surface area contributed by atoms with Gasteiger partial charge >= 0.3 is 6.18 Å². The summed E-state index contributed by atoms with van der Waals surface area (Å²) in [6.07, 6.45) is -2.64. The molecular formula is C19H23F3N4. The van der Waals surface area contributed by atoms with Crippen molar-refractivity contribution in [3.63, 3.8) is 0 Å². The molecule has 0 aliphatic carbocycles. The van der Waals surface area contributed by atoms with Crippen LogP contribution in [0.1, 0.15) is 30.7 Å². The van der Waals surface area contributed by atoms with Crippen molar-refractivity contribution in [2.45, 2.75) is 32.0 Å². The minimum Gasteiger partial charge on any atom is -0.356 e. The number of hydrogen-bond donors (Lipinski definition) is 2. The highest BCUT2D eigenvalue weighted by atomic mass is 19.4. The van der Waals surface area contributed by atoms with Crippen LogP contribution in [0, 0.1) is 0 Å². The van der Waals surface area contributed by atoms with Crippen LogP contribution < -0.4 is 10.6 Å². The maximum Gasteiger partial charge on any atom is 0.416 e. The maximum atomic E-state index is 12.9. The van der Waals surface area contributed by atoms with Gasteiger partial charge in [-0.05, 0) is 23.8 Å². The van der Waals surface area contributed by atoms with Crippen LogP contribution in [0.5, 0.6) is 0 Å². The predicted octanol–water partition coefficient (Wildman–Crippen LogP) is 3.74. The van der Waals surface area contributed by atoms with Crippen molar-refractivity contribution >= 4 is 5.96 Å². The summed E-state index contributed by atoms with van der Waals surface area (Å²) < 4.78 is 38.8. The van der Waals surface area contributed by atoms with Gasteiger partial charge in [-0.3, -0.25) is 9.98 Å². The summed E-state index contributed by atoms with van der Waals surface area (Å²) in [5, 5.41) is 6.31. The van der Waals surface area contributed by atoms with E-state index < -0.39 is 17.2 Å². The van der Waals surface area contributed by atoms with Crippen LogP contribution >= 0.6 is 0 Å². The molecule has 0 saturated carbocycles. The standard InChI is InChI=1S/C19H23F3N4/c1-18(2,14-7-6-8-15(11-14)19(20,21)22)13-26-17(23-3)25-12-16-9-4-5-10-24-16/h4-11H,12-13H2,1-3H3,(H2,23,25,26). The number of rotatable bonds is 5. The van der Waals surface area contributed by atoms with Gasteiger partial charge in [0.15, 0.2) is 5.96 Å². The summed E-state index contributed by atoms with van der Waals surface area (Å²) in [4.78, 5) is 8.37. The molecule has 0 aliphatic rings. The van der Waals surface area contributed by atoms with Crippen molar-refractivity contribution in [1.82, 2.24) is 15.6 Å². The van der Waals surface area contributed by atoms with E-state index in [9.17, 15) is 13.2 Å². The molecule has 0 bridgehead atoms. The van der Waals surface area contributed by atoms with Crippen LogP contribution in [0.4, 0.5) is 13.2 Å². The van der Waals surface area contributed by atoms with Gasteiger partial charge in [0.1, 0.15) is 0 Å². The number of guanidine groups is 1. The SMILES string of the molecule is CN=C(NCc1ccccn1)NCC(C)(C)c1cccc(C(F)(F)F)c1. The van der Waals surface area contributed by atoms with Gasteiger partial charge in [0.25, 0.3) is 0 Å². The first kappa shape index (κ1) is 19.8. The van der Waals surface area contributed by atoms with Crippen LogP contribution in [-0.2, 0) is 18.1 Å². The zero-order valence-electron chi connectivity index (χ0n) is 15.1. The number of aliphatic imine (C=N–C) groups is 1. The van der Waals surface area contributed by atoms with Gasteiger partial charge in [0.2, 0.25) is 0 Å². The highest BCUT2D eigenvalue weighted by Gasteiger charge is 2.32. The fraction of sp³-hybridized carbons (Fsp3) is 0.368. The van der Waals surface area contributed by atoms with Gasteiger partial charge in [0.05, 0.1) is 17.8 Å². The van der Waals surface area contributed by atoms with Gasteiger partial charge in [-0.15, -0.1) is 0 Å². The summed E-state index contributed by atoms with van der Waals surface area (Å²) in [5.41, 5.74) is 0.331. The third kappa shape index (κ3) is 5.47. The quantitative estimate of drug-likeness (QED) is 0.628. The number of benzene rings is 1. The van der Waals surface area contributed by atoms with E-state index in [1.54, 1.807) is 19.3 Å². The second-order valence-corrected chi connectivity index (χ2v) is 6.56. The van der Waals surface area contributed by atoms with Crippen molar-refractivity contribution < 1.29 is 13.2 Å². The largest absolute Gasteiger partial charge is 0.416 e. The van der Waals surface area contributed by atoms with Crippen molar-refractivity contribution in [3.8, 4) is 0 Å². The molecule has 0 fully saturated rings.